The number of rotatable bonds is 13. The molecular formula is C67H57N3. The van der Waals surface area contributed by atoms with Gasteiger partial charge in [0.1, 0.15) is 6.17 Å². The van der Waals surface area contributed by atoms with Crippen LogP contribution in [-0.2, 0) is 5.41 Å². The number of allylic oxidation sites excluding steroid dienone is 11. The highest BCUT2D eigenvalue weighted by Crippen LogP contribution is 2.40. The van der Waals surface area contributed by atoms with Gasteiger partial charge in [-0.25, -0.2) is 0 Å². The van der Waals surface area contributed by atoms with Crippen molar-refractivity contribution in [1.29, 1.82) is 0 Å². The molecule has 0 saturated carbocycles. The first-order valence-electron chi connectivity index (χ1n) is 24.4. The predicted molar refractivity (Wildman–Crippen MR) is 297 cm³/mol. The molecule has 1 N–H and O–H groups in total. The van der Waals surface area contributed by atoms with E-state index in [1.54, 1.807) is 0 Å². The van der Waals surface area contributed by atoms with Crippen LogP contribution in [0.1, 0.15) is 77.6 Å². The van der Waals surface area contributed by atoms with E-state index >= 15 is 0 Å². The summed E-state index contributed by atoms with van der Waals surface area (Å²) in [7, 11) is 0. The summed E-state index contributed by atoms with van der Waals surface area (Å²) in [6, 6.07) is 69.2. The molecule has 0 radical (unpaired) electrons. The number of nitrogens with one attached hydrogen (secondary N) is 1. The molecule has 0 spiro atoms. The van der Waals surface area contributed by atoms with E-state index in [1.165, 1.54) is 44.5 Å². The molecule has 0 fully saturated rings. The van der Waals surface area contributed by atoms with Crippen LogP contribution < -0.4 is 5.32 Å². The highest BCUT2D eigenvalue weighted by atomic mass is 15.1. The molecule has 7 aromatic carbocycles. The molecule has 70 heavy (non-hydrogen) atoms. The summed E-state index contributed by atoms with van der Waals surface area (Å²) < 4.78 is 0. The predicted octanol–water partition coefficient (Wildman–Crippen LogP) is 16.1. The molecule has 3 aliphatic rings. The first-order chi connectivity index (χ1) is 34.4. The molecule has 1 aliphatic heterocycles. The molecule has 0 amide bonds. The fourth-order valence-corrected chi connectivity index (χ4v) is 9.61. The minimum Gasteiger partial charge on any atom is -0.360 e. The molecule has 0 bridgehead atoms. The summed E-state index contributed by atoms with van der Waals surface area (Å²) in [5, 5.41) is 3.81. The van der Waals surface area contributed by atoms with E-state index in [9.17, 15) is 0 Å². The lowest BCUT2D eigenvalue weighted by Crippen LogP contribution is -2.33. The van der Waals surface area contributed by atoms with Gasteiger partial charge in [-0.05, 0) is 118 Å². The quantitative estimate of drug-likeness (QED) is 0.0699. The largest absolute Gasteiger partial charge is 0.360 e. The van der Waals surface area contributed by atoms with Crippen molar-refractivity contribution in [2.24, 2.45) is 9.98 Å². The van der Waals surface area contributed by atoms with E-state index in [-0.39, 0.29) is 6.17 Å². The van der Waals surface area contributed by atoms with Gasteiger partial charge in [-0.2, -0.15) is 0 Å². The molecule has 2 atom stereocenters. The Balaban J connectivity index is 0.973. The first kappa shape index (κ1) is 45.4. The molecule has 3 heteroatoms. The van der Waals surface area contributed by atoms with Crippen LogP contribution in [0.2, 0.25) is 0 Å². The van der Waals surface area contributed by atoms with Crippen LogP contribution >= 0.6 is 0 Å². The SMILES string of the molecule is C=C(/C=C(\N=C(C)c1ccccc1)c1ccc(C(C)(c2ccccc2)c2ccc(C3=CC(c4ccc(-c5ccccc5)cc4)=NC(C4=CCCC=C4)N3)cc2)cc1)C1=CCC=C(c2ccccc2)C=C1. The van der Waals surface area contributed by atoms with Crippen LogP contribution in [0.5, 0.6) is 0 Å². The summed E-state index contributed by atoms with van der Waals surface area (Å²) in [5.41, 5.74) is 19.3. The van der Waals surface area contributed by atoms with Gasteiger partial charge in [-0.15, -0.1) is 0 Å². The van der Waals surface area contributed by atoms with E-state index in [4.69, 9.17) is 9.98 Å². The molecule has 0 aromatic heterocycles. The minimum atomic E-state index is -0.462. The average molecular weight is 904 g/mol. The number of benzene rings is 7. The molecule has 10 rings (SSSR count). The zero-order chi connectivity index (χ0) is 47.7. The van der Waals surface area contributed by atoms with Crippen molar-refractivity contribution in [3.05, 3.63) is 317 Å². The first-order valence-corrected chi connectivity index (χ1v) is 24.4. The fourth-order valence-electron chi connectivity index (χ4n) is 9.61. The number of hydrogen-bond donors (Lipinski definition) is 1. The van der Waals surface area contributed by atoms with Gasteiger partial charge < -0.3 is 5.32 Å². The van der Waals surface area contributed by atoms with Crippen molar-refractivity contribution in [2.75, 3.05) is 0 Å². The minimum absolute atomic E-state index is 0.185. The van der Waals surface area contributed by atoms with Crippen molar-refractivity contribution >= 4 is 28.4 Å². The Morgan fingerprint density at radius 2 is 1.14 bits per heavy atom. The van der Waals surface area contributed by atoms with Gasteiger partial charge in [-0.1, -0.05) is 243 Å². The standard InChI is InChI=1S/C67H57N3/c1-48(50-28-19-29-54(33-32-50)52-22-11-5-12-23-52)46-63(68-49(2)51-20-9-4-10-21-51)57-38-42-61(43-39-57)67(3,60-30-17-8-18-31-60)62-44-40-58(41-45-62)65-47-64(69-66(70-65)59-26-15-7-16-27-59)56-36-34-55(35-37-56)53-24-13-6-14-25-53/h4-6,8-15,17-18,20-47,66,70H,1,7,16,19H2,2-3H3/b63-46-,68-49?. The monoisotopic (exact) mass is 903 g/mol. The van der Waals surface area contributed by atoms with E-state index in [2.05, 4.69) is 268 Å². The molecule has 3 nitrogen and oxygen atoms in total. The Morgan fingerprint density at radius 1 is 0.571 bits per heavy atom. The zero-order valence-electron chi connectivity index (χ0n) is 40.0. The van der Waals surface area contributed by atoms with E-state index in [0.717, 1.165) is 75.5 Å². The van der Waals surface area contributed by atoms with Gasteiger partial charge in [0.05, 0.1) is 11.4 Å². The lowest BCUT2D eigenvalue weighted by atomic mass is 9.71. The Labute approximate surface area is 414 Å². The molecule has 340 valence electrons. The Bertz CT molecular complexity index is 3270. The van der Waals surface area contributed by atoms with Gasteiger partial charge in [-0.3, -0.25) is 9.98 Å². The number of hydrogen-bond acceptors (Lipinski definition) is 3. The van der Waals surface area contributed by atoms with Crippen LogP contribution in [0.3, 0.4) is 0 Å². The van der Waals surface area contributed by atoms with E-state index < -0.39 is 5.41 Å². The third-order valence-electron chi connectivity index (χ3n) is 13.7. The van der Waals surface area contributed by atoms with E-state index in [0.29, 0.717) is 0 Å². The Morgan fingerprint density at radius 3 is 1.80 bits per heavy atom. The van der Waals surface area contributed by atoms with E-state index in [1.807, 2.05) is 6.07 Å². The lowest BCUT2D eigenvalue weighted by Gasteiger charge is -2.32. The molecule has 2 aliphatic carbocycles. The third-order valence-corrected chi connectivity index (χ3v) is 13.7. The summed E-state index contributed by atoms with van der Waals surface area (Å²) in [6.07, 6.45) is 22.7. The molecule has 7 aromatic rings. The van der Waals surface area contributed by atoms with Crippen molar-refractivity contribution in [3.63, 3.8) is 0 Å². The van der Waals surface area contributed by atoms with Gasteiger partial charge in [0.25, 0.3) is 0 Å². The van der Waals surface area contributed by atoms with Crippen LogP contribution in [0, 0.1) is 0 Å². The maximum absolute atomic E-state index is 5.30. The number of nitrogens with zero attached hydrogens (tertiary/aromatic N) is 2. The van der Waals surface area contributed by atoms with Gasteiger partial charge in [0.15, 0.2) is 0 Å². The Hall–Kier alpha value is -8.40. The van der Waals surface area contributed by atoms with Gasteiger partial charge in [0.2, 0.25) is 0 Å². The number of aliphatic imine (C=N–C) groups is 2. The van der Waals surface area contributed by atoms with Crippen molar-refractivity contribution < 1.29 is 0 Å². The topological polar surface area (TPSA) is 36.8 Å². The highest BCUT2D eigenvalue weighted by Gasteiger charge is 2.32. The van der Waals surface area contributed by atoms with Crippen LogP contribution in [-0.4, -0.2) is 17.6 Å². The van der Waals surface area contributed by atoms with Crippen molar-refractivity contribution in [1.82, 2.24) is 5.32 Å². The molecule has 0 saturated heterocycles. The maximum atomic E-state index is 5.30. The molecular weight excluding hydrogens is 847 g/mol. The summed E-state index contributed by atoms with van der Waals surface area (Å²) in [4.78, 5) is 10.6. The molecule has 2 unspecified atom stereocenters. The average Bonchev–Trinajstić information content (AvgIpc) is 3.71. The lowest BCUT2D eigenvalue weighted by molar-refractivity contribution is 0.691. The maximum Gasteiger partial charge on any atom is 0.145 e. The second-order valence-electron chi connectivity index (χ2n) is 18.3. The van der Waals surface area contributed by atoms with Crippen molar-refractivity contribution in [2.45, 2.75) is 44.7 Å². The molecule has 1 heterocycles. The van der Waals surface area contributed by atoms with Crippen LogP contribution in [0.4, 0.5) is 0 Å². The second-order valence-corrected chi connectivity index (χ2v) is 18.3. The normalized spacial score (nSPS) is 16.9. The van der Waals surface area contributed by atoms with Crippen LogP contribution in [0.25, 0.3) is 28.1 Å². The highest BCUT2D eigenvalue weighted by molar-refractivity contribution is 6.13. The third kappa shape index (κ3) is 10.1. The van der Waals surface area contributed by atoms with Gasteiger partial charge in [0, 0.05) is 22.4 Å². The smallest absolute Gasteiger partial charge is 0.145 e. The zero-order valence-corrected chi connectivity index (χ0v) is 40.0. The second kappa shape index (κ2) is 20.9. The van der Waals surface area contributed by atoms with Crippen LogP contribution in [0.15, 0.2) is 282 Å². The Kier molecular flexibility index (Phi) is 13.5. The summed E-state index contributed by atoms with van der Waals surface area (Å²) in [6.45, 7) is 9.01. The summed E-state index contributed by atoms with van der Waals surface area (Å²) >= 11 is 0. The fraction of sp³-hybridized carbons (Fsp3) is 0.104. The van der Waals surface area contributed by atoms with Gasteiger partial charge >= 0.3 is 0 Å². The summed E-state index contributed by atoms with van der Waals surface area (Å²) in [5.74, 6) is 0. The van der Waals surface area contributed by atoms with Crippen molar-refractivity contribution in [3.8, 4) is 11.1 Å².